The fourth-order valence-corrected chi connectivity index (χ4v) is 1.71. The molecule has 0 aromatic carbocycles. The lowest BCUT2D eigenvalue weighted by Crippen LogP contribution is -2.01. The molecular weight excluding hydrogens is 288 g/mol. The summed E-state index contributed by atoms with van der Waals surface area (Å²) in [5.74, 6) is 0. The Hall–Kier alpha value is -1.62. The molecule has 5 nitrogen and oxygen atoms in total. The molecule has 0 unspecified atom stereocenters. The van der Waals surface area contributed by atoms with Crippen molar-refractivity contribution in [3.8, 4) is 6.07 Å². The van der Waals surface area contributed by atoms with Crippen LogP contribution in [0.25, 0.3) is 0 Å². The summed E-state index contributed by atoms with van der Waals surface area (Å²) in [6.45, 7) is 0. The number of halogens is 3. The van der Waals surface area contributed by atoms with Gasteiger partial charge in [-0.25, -0.2) is 13.8 Å². The van der Waals surface area contributed by atoms with E-state index in [2.05, 4.69) is 20.9 Å². The minimum atomic E-state index is -2.84. The van der Waals surface area contributed by atoms with Crippen LogP contribution in [0.4, 0.5) is 14.5 Å². The maximum Gasteiger partial charge on any atom is 0.306 e. The Morgan fingerprint density at radius 1 is 1.69 bits per heavy atom. The minimum Gasteiger partial charge on any atom is -0.258 e. The van der Waals surface area contributed by atoms with Gasteiger partial charge in [-0.05, 0) is 22.0 Å². The molecule has 16 heavy (non-hydrogen) atoms. The fraction of sp³-hybridized carbons (Fsp3) is 0.250. The number of alkyl halides is 2. The Morgan fingerprint density at radius 2 is 2.31 bits per heavy atom. The Labute approximate surface area is 97.0 Å². The lowest BCUT2D eigenvalue weighted by atomic mass is 10.1. The number of aromatic nitrogens is 1. The van der Waals surface area contributed by atoms with Crippen LogP contribution in [0.3, 0.4) is 0 Å². The van der Waals surface area contributed by atoms with Crippen LogP contribution in [-0.2, 0) is 6.42 Å². The Morgan fingerprint density at radius 3 is 2.75 bits per heavy atom. The molecule has 1 rings (SSSR count). The van der Waals surface area contributed by atoms with E-state index in [0.717, 1.165) is 6.07 Å². The average Bonchev–Trinajstić information content (AvgIpc) is 2.16. The Kier molecular flexibility index (Phi) is 3.84. The van der Waals surface area contributed by atoms with Crippen LogP contribution in [0.15, 0.2) is 10.7 Å². The molecule has 0 aliphatic rings. The highest BCUT2D eigenvalue weighted by molar-refractivity contribution is 9.10. The summed E-state index contributed by atoms with van der Waals surface area (Å²) < 4.78 is 24.4. The molecule has 84 valence electrons. The van der Waals surface area contributed by atoms with E-state index in [1.54, 1.807) is 6.07 Å². The first-order valence-electron chi connectivity index (χ1n) is 3.96. The lowest BCUT2D eigenvalue weighted by molar-refractivity contribution is -0.386. The molecule has 1 aromatic rings. The molecular formula is C8H4BrF2N3O2. The molecule has 1 heterocycles. The van der Waals surface area contributed by atoms with E-state index in [9.17, 15) is 18.9 Å². The summed E-state index contributed by atoms with van der Waals surface area (Å²) >= 11 is 2.74. The van der Waals surface area contributed by atoms with E-state index in [1.165, 1.54) is 0 Å². The van der Waals surface area contributed by atoms with Gasteiger partial charge in [-0.2, -0.15) is 5.26 Å². The van der Waals surface area contributed by atoms with Gasteiger partial charge in [0.1, 0.15) is 5.69 Å². The molecule has 0 amide bonds. The molecule has 1 aromatic heterocycles. The molecule has 0 atom stereocenters. The highest BCUT2D eigenvalue weighted by Crippen LogP contribution is 2.31. The third-order valence-electron chi connectivity index (χ3n) is 1.72. The van der Waals surface area contributed by atoms with Gasteiger partial charge in [0.15, 0.2) is 4.60 Å². The number of hydrogen-bond donors (Lipinski definition) is 0. The molecule has 0 fully saturated rings. The van der Waals surface area contributed by atoms with Crippen molar-refractivity contribution in [2.75, 3.05) is 0 Å². The number of nitriles is 1. The quantitative estimate of drug-likeness (QED) is 0.487. The highest BCUT2D eigenvalue weighted by Gasteiger charge is 2.23. The van der Waals surface area contributed by atoms with Gasteiger partial charge in [0.25, 0.3) is 6.43 Å². The third-order valence-corrected chi connectivity index (χ3v) is 2.28. The largest absolute Gasteiger partial charge is 0.306 e. The van der Waals surface area contributed by atoms with Crippen molar-refractivity contribution in [2.45, 2.75) is 12.8 Å². The molecule has 0 saturated heterocycles. The van der Waals surface area contributed by atoms with Gasteiger partial charge >= 0.3 is 5.69 Å². The van der Waals surface area contributed by atoms with Crippen LogP contribution < -0.4 is 0 Å². The molecule has 0 bridgehead atoms. The fourth-order valence-electron chi connectivity index (χ4n) is 1.10. The maximum atomic E-state index is 12.4. The van der Waals surface area contributed by atoms with Crippen LogP contribution in [-0.4, -0.2) is 9.91 Å². The molecule has 0 aliphatic heterocycles. The van der Waals surface area contributed by atoms with Crippen molar-refractivity contribution in [3.05, 3.63) is 32.0 Å². The third kappa shape index (κ3) is 2.49. The Balaban J connectivity index is 3.40. The zero-order valence-corrected chi connectivity index (χ0v) is 9.24. The molecule has 8 heteroatoms. The zero-order chi connectivity index (χ0) is 12.3. The van der Waals surface area contributed by atoms with Gasteiger partial charge in [-0.15, -0.1) is 0 Å². The summed E-state index contributed by atoms with van der Waals surface area (Å²) in [7, 11) is 0. The normalized spacial score (nSPS) is 10.2. The van der Waals surface area contributed by atoms with E-state index in [4.69, 9.17) is 5.26 Å². The molecule has 0 aliphatic carbocycles. The first-order chi connectivity index (χ1) is 7.47. The first kappa shape index (κ1) is 12.4. The maximum absolute atomic E-state index is 12.4. The number of hydrogen-bond acceptors (Lipinski definition) is 4. The SMILES string of the molecule is N#CCc1cc(C(F)F)nc(Br)c1[N+](=O)[O-]. The number of nitro groups is 1. The number of rotatable bonds is 3. The van der Waals surface area contributed by atoms with Crippen molar-refractivity contribution in [1.29, 1.82) is 5.26 Å². The van der Waals surface area contributed by atoms with Gasteiger partial charge < -0.3 is 0 Å². The molecule has 0 saturated carbocycles. The summed E-state index contributed by atoms with van der Waals surface area (Å²) in [4.78, 5) is 13.2. The minimum absolute atomic E-state index is 0.0790. The van der Waals surface area contributed by atoms with E-state index < -0.39 is 22.7 Å². The predicted molar refractivity (Wildman–Crippen MR) is 52.9 cm³/mol. The zero-order valence-electron chi connectivity index (χ0n) is 7.65. The van der Waals surface area contributed by atoms with Crippen LogP contribution in [0.1, 0.15) is 17.7 Å². The van der Waals surface area contributed by atoms with Crippen molar-refractivity contribution < 1.29 is 13.7 Å². The summed E-state index contributed by atoms with van der Waals surface area (Å²) in [5.41, 5.74) is -1.13. The van der Waals surface area contributed by atoms with Crippen molar-refractivity contribution >= 4 is 21.6 Å². The van der Waals surface area contributed by atoms with Crippen LogP contribution in [0.5, 0.6) is 0 Å². The number of nitrogens with zero attached hydrogens (tertiary/aromatic N) is 3. The van der Waals surface area contributed by atoms with E-state index >= 15 is 0 Å². The summed E-state index contributed by atoms with van der Waals surface area (Å²) in [6.07, 6.45) is -3.16. The topological polar surface area (TPSA) is 79.8 Å². The van der Waals surface area contributed by atoms with Crippen molar-refractivity contribution in [3.63, 3.8) is 0 Å². The monoisotopic (exact) mass is 291 g/mol. The van der Waals surface area contributed by atoms with E-state index in [1.807, 2.05) is 0 Å². The number of pyridine rings is 1. The van der Waals surface area contributed by atoms with Gasteiger partial charge in [-0.3, -0.25) is 10.1 Å². The average molecular weight is 292 g/mol. The standard InChI is InChI=1S/C8H4BrF2N3O2/c9-7-6(14(15)16)4(1-2-12)3-5(13-7)8(10)11/h3,8H,1H2. The lowest BCUT2D eigenvalue weighted by Gasteiger charge is -2.04. The molecule has 0 spiro atoms. The Bertz CT molecular complexity index is 473. The summed E-state index contributed by atoms with van der Waals surface area (Å²) in [6, 6.07) is 2.55. The van der Waals surface area contributed by atoms with Crippen molar-refractivity contribution in [2.24, 2.45) is 0 Å². The highest BCUT2D eigenvalue weighted by atomic mass is 79.9. The van der Waals surface area contributed by atoms with Gasteiger partial charge in [0, 0.05) is 5.56 Å². The molecule has 0 radical (unpaired) electrons. The second-order valence-corrected chi connectivity index (χ2v) is 3.49. The smallest absolute Gasteiger partial charge is 0.258 e. The first-order valence-corrected chi connectivity index (χ1v) is 4.75. The second-order valence-electron chi connectivity index (χ2n) is 2.74. The van der Waals surface area contributed by atoms with Crippen LogP contribution >= 0.6 is 15.9 Å². The van der Waals surface area contributed by atoms with Gasteiger partial charge in [0.2, 0.25) is 0 Å². The van der Waals surface area contributed by atoms with E-state index in [-0.39, 0.29) is 16.6 Å². The van der Waals surface area contributed by atoms with Crippen molar-refractivity contribution in [1.82, 2.24) is 4.98 Å². The van der Waals surface area contributed by atoms with Gasteiger partial charge in [0.05, 0.1) is 17.4 Å². The van der Waals surface area contributed by atoms with Crippen LogP contribution in [0, 0.1) is 21.4 Å². The molecule has 0 N–H and O–H groups in total. The van der Waals surface area contributed by atoms with E-state index in [0.29, 0.717) is 0 Å². The second kappa shape index (κ2) is 4.94. The summed E-state index contributed by atoms with van der Waals surface area (Å²) in [5, 5.41) is 19.1. The van der Waals surface area contributed by atoms with Gasteiger partial charge in [-0.1, -0.05) is 0 Å². The van der Waals surface area contributed by atoms with Crippen LogP contribution in [0.2, 0.25) is 0 Å². The predicted octanol–water partition coefficient (Wildman–Crippen LogP) is 2.76.